The summed E-state index contributed by atoms with van der Waals surface area (Å²) in [7, 11) is 1.78. The zero-order chi connectivity index (χ0) is 42.5. The summed E-state index contributed by atoms with van der Waals surface area (Å²) in [6.07, 6.45) is 5.94. The number of hydrogen-bond donors (Lipinski definition) is 11. The highest BCUT2D eigenvalue weighted by Gasteiger charge is 2.19. The zero-order valence-corrected chi connectivity index (χ0v) is 33.4. The molecule has 4 amide bonds. The number of nitrogens with two attached hydrogens (primary N) is 2. The van der Waals surface area contributed by atoms with E-state index in [0.29, 0.717) is 85.1 Å². The molecule has 328 valence electrons. The number of nitroso groups, excluding NO2 is 1. The van der Waals surface area contributed by atoms with Crippen LogP contribution in [-0.4, -0.2) is 146 Å². The van der Waals surface area contributed by atoms with Gasteiger partial charge in [0.15, 0.2) is 11.6 Å². The van der Waals surface area contributed by atoms with Crippen LogP contribution < -0.4 is 48.1 Å². The molecule has 0 spiro atoms. The topological polar surface area (TPSA) is 345 Å². The third-order valence-electron chi connectivity index (χ3n) is 8.47. The normalized spacial score (nSPS) is 12.1. The van der Waals surface area contributed by atoms with Gasteiger partial charge in [-0.15, -0.1) is 4.91 Å². The smallest absolute Gasteiger partial charge is 0.274 e. The molecule has 3 aromatic heterocycles. The van der Waals surface area contributed by atoms with Gasteiger partial charge in [-0.1, -0.05) is 12.8 Å². The Morgan fingerprint density at radius 2 is 1.20 bits per heavy atom. The van der Waals surface area contributed by atoms with Crippen LogP contribution >= 0.6 is 0 Å². The third-order valence-corrected chi connectivity index (χ3v) is 8.47. The number of rotatable bonds is 34. The van der Waals surface area contributed by atoms with E-state index >= 15 is 0 Å². The molecule has 2 atom stereocenters. The molecule has 24 heteroatoms. The molecular weight excluding hydrogens is 774 g/mol. The number of hydrogen-bond acceptors (Lipinski definition) is 17. The maximum Gasteiger partial charge on any atom is 0.274 e. The van der Waals surface area contributed by atoms with Crippen LogP contribution in [0.3, 0.4) is 0 Å². The molecule has 3 heterocycles. The van der Waals surface area contributed by atoms with Crippen LogP contribution in [0.4, 0.5) is 17.5 Å². The molecule has 0 radical (unpaired) electrons. The van der Waals surface area contributed by atoms with Crippen molar-refractivity contribution in [2.45, 2.75) is 63.5 Å². The van der Waals surface area contributed by atoms with Crippen LogP contribution in [-0.2, 0) is 23.8 Å². The standard InChI is InChI=1S/C35H59N15O9/c1-38-24(8-2-4-10-36)32(51)39-12-6-14-56-16-18-58-19-17-57-15-7-13-40-33(52)25(9-3-5-11-37)41-23-59-31-22-29(47-49-31)43-34(53)26-20-28(46-44-26)42-35(54)27-21-30(50-55)48-45-27/h20-22,24-25,38,41H,2-19,23,36-37H2,1H3,(H,39,51)(H,40,52)(H,45,48)(H2,42,44,46,54)(H2,43,47,49,53)/t24-,25-/m0/s1. The molecular formula is C35H59N15O9. The van der Waals surface area contributed by atoms with Gasteiger partial charge in [-0.3, -0.25) is 34.7 Å². The number of likely N-dealkylation sites (N-methyl/N-ethyl adjacent to an activating group) is 1. The van der Waals surface area contributed by atoms with E-state index in [2.05, 4.69) is 67.7 Å². The van der Waals surface area contributed by atoms with Crippen molar-refractivity contribution in [3.05, 3.63) is 34.5 Å². The van der Waals surface area contributed by atoms with E-state index in [9.17, 15) is 24.1 Å². The number of carbonyl (C=O) groups is 4. The number of amides is 4. The number of aromatic amines is 3. The van der Waals surface area contributed by atoms with E-state index in [1.165, 1.54) is 12.1 Å². The molecule has 59 heavy (non-hydrogen) atoms. The largest absolute Gasteiger partial charge is 0.462 e. The van der Waals surface area contributed by atoms with Gasteiger partial charge in [-0.2, -0.15) is 15.3 Å². The fourth-order valence-corrected chi connectivity index (χ4v) is 5.28. The first-order chi connectivity index (χ1) is 28.8. The fourth-order valence-electron chi connectivity index (χ4n) is 5.28. The summed E-state index contributed by atoms with van der Waals surface area (Å²) < 4.78 is 22.4. The van der Waals surface area contributed by atoms with Crippen molar-refractivity contribution in [1.82, 2.24) is 51.9 Å². The average molecular weight is 834 g/mol. The van der Waals surface area contributed by atoms with Crippen molar-refractivity contribution in [2.24, 2.45) is 16.6 Å². The van der Waals surface area contributed by atoms with Gasteiger partial charge in [0.05, 0.1) is 38.5 Å². The number of nitrogens with zero attached hydrogens (tertiary/aromatic N) is 4. The van der Waals surface area contributed by atoms with E-state index < -0.39 is 17.9 Å². The summed E-state index contributed by atoms with van der Waals surface area (Å²) in [6.45, 7) is 4.77. The molecule has 0 aromatic carbocycles. The number of carbonyl (C=O) groups excluding carboxylic acids is 4. The highest BCUT2D eigenvalue weighted by molar-refractivity contribution is 6.05. The second-order valence-corrected chi connectivity index (χ2v) is 13.0. The average Bonchev–Trinajstić information content (AvgIpc) is 4.02. The lowest BCUT2D eigenvalue weighted by atomic mass is 10.1. The molecule has 0 saturated carbocycles. The lowest BCUT2D eigenvalue weighted by Gasteiger charge is -2.18. The van der Waals surface area contributed by atoms with Crippen LogP contribution in [0.15, 0.2) is 23.4 Å². The summed E-state index contributed by atoms with van der Waals surface area (Å²) in [6, 6.07) is 3.18. The van der Waals surface area contributed by atoms with E-state index in [1.807, 2.05) is 0 Å². The van der Waals surface area contributed by atoms with E-state index in [1.54, 1.807) is 7.05 Å². The Labute approximate surface area is 341 Å². The molecule has 0 bridgehead atoms. The Hall–Kier alpha value is -5.37. The van der Waals surface area contributed by atoms with Gasteiger partial charge in [0.1, 0.15) is 18.1 Å². The second kappa shape index (κ2) is 28.9. The minimum atomic E-state index is -0.642. The van der Waals surface area contributed by atoms with E-state index in [-0.39, 0.29) is 59.3 Å². The zero-order valence-electron chi connectivity index (χ0n) is 33.4. The molecule has 3 rings (SSSR count). The molecule has 3 aromatic rings. The van der Waals surface area contributed by atoms with Crippen LogP contribution in [0.2, 0.25) is 0 Å². The highest BCUT2D eigenvalue weighted by Crippen LogP contribution is 2.15. The van der Waals surface area contributed by atoms with Gasteiger partial charge in [0.2, 0.25) is 23.5 Å². The highest BCUT2D eigenvalue weighted by atomic mass is 16.5. The molecule has 0 fully saturated rings. The Morgan fingerprint density at radius 1 is 0.678 bits per heavy atom. The van der Waals surface area contributed by atoms with Crippen molar-refractivity contribution in [3.63, 3.8) is 0 Å². The van der Waals surface area contributed by atoms with Crippen LogP contribution in [0.1, 0.15) is 72.3 Å². The molecule has 0 aliphatic rings. The summed E-state index contributed by atoms with van der Waals surface area (Å²) in [5.74, 6) is -1.19. The van der Waals surface area contributed by atoms with Crippen molar-refractivity contribution in [1.29, 1.82) is 0 Å². The first-order valence-electron chi connectivity index (χ1n) is 19.6. The van der Waals surface area contributed by atoms with E-state index in [4.69, 9.17) is 30.4 Å². The first kappa shape index (κ1) is 48.0. The predicted octanol–water partition coefficient (Wildman–Crippen LogP) is -0.0387. The number of nitrogens with one attached hydrogen (secondary N) is 9. The van der Waals surface area contributed by atoms with Crippen molar-refractivity contribution >= 4 is 41.1 Å². The van der Waals surface area contributed by atoms with Gasteiger partial charge >= 0.3 is 0 Å². The summed E-state index contributed by atoms with van der Waals surface area (Å²) >= 11 is 0. The lowest BCUT2D eigenvalue weighted by Crippen LogP contribution is -2.46. The summed E-state index contributed by atoms with van der Waals surface area (Å²) in [5.41, 5.74) is 11.2. The number of aromatic nitrogens is 6. The van der Waals surface area contributed by atoms with Crippen LogP contribution in [0, 0.1) is 4.91 Å². The monoisotopic (exact) mass is 833 g/mol. The van der Waals surface area contributed by atoms with Gasteiger partial charge in [0.25, 0.3) is 11.8 Å². The van der Waals surface area contributed by atoms with Crippen molar-refractivity contribution < 1.29 is 38.1 Å². The molecule has 0 aliphatic carbocycles. The summed E-state index contributed by atoms with van der Waals surface area (Å²) in [4.78, 5) is 60.7. The van der Waals surface area contributed by atoms with Gasteiger partial charge in [-0.25, -0.2) is 5.10 Å². The quantitative estimate of drug-likeness (QED) is 0.0214. The van der Waals surface area contributed by atoms with Crippen LogP contribution in [0.5, 0.6) is 5.88 Å². The van der Waals surface area contributed by atoms with Gasteiger partial charge < -0.3 is 57.0 Å². The minimum absolute atomic E-state index is 0.00889. The third kappa shape index (κ3) is 19.3. The molecule has 0 saturated heterocycles. The van der Waals surface area contributed by atoms with Gasteiger partial charge in [-0.05, 0) is 63.8 Å². The van der Waals surface area contributed by atoms with E-state index in [0.717, 1.165) is 38.2 Å². The Balaban J connectivity index is 1.23. The molecule has 0 aliphatic heterocycles. The minimum Gasteiger partial charge on any atom is -0.462 e. The second-order valence-electron chi connectivity index (χ2n) is 13.0. The van der Waals surface area contributed by atoms with Crippen molar-refractivity contribution in [3.8, 4) is 5.88 Å². The van der Waals surface area contributed by atoms with Crippen LogP contribution in [0.25, 0.3) is 0 Å². The SMILES string of the molecule is CN[C@@H](CCCCN)C(=O)NCCCOCCOCCOCCCNC(=O)[C@H](CCCCN)NCOc1cc(NC(=O)c2cc(NC(=O)c3cc(N=O)n[nH]3)n[nH]2)n[nH]1. The Bertz CT molecular complexity index is 1670. The first-order valence-corrected chi connectivity index (χ1v) is 19.6. The predicted molar refractivity (Wildman–Crippen MR) is 216 cm³/mol. The molecule has 0 unspecified atom stereocenters. The maximum atomic E-state index is 12.9. The fraction of sp³-hybridized carbons (Fsp3) is 0.629. The lowest BCUT2D eigenvalue weighted by molar-refractivity contribution is -0.124. The maximum absolute atomic E-state index is 12.9. The molecule has 13 N–H and O–H groups in total. The Morgan fingerprint density at radius 3 is 1.78 bits per heavy atom. The number of unbranched alkanes of at least 4 members (excludes halogenated alkanes) is 2. The van der Waals surface area contributed by atoms with Crippen molar-refractivity contribution in [2.75, 3.05) is 90.2 Å². The Kier molecular flexibility index (Phi) is 23.5. The van der Waals surface area contributed by atoms with Gasteiger partial charge in [0, 0.05) is 44.5 Å². The number of H-pyrrole nitrogens is 3. The summed E-state index contributed by atoms with van der Waals surface area (Å²) in [5, 5.41) is 38.6. The number of ether oxygens (including phenoxy) is 4. The number of anilines is 2. The molecule has 24 nitrogen and oxygen atoms in total.